The van der Waals surface area contributed by atoms with Crippen LogP contribution in [0.1, 0.15) is 10.4 Å². The Morgan fingerprint density at radius 3 is 2.81 bits per heavy atom. The third-order valence-corrected chi connectivity index (χ3v) is 3.49. The van der Waals surface area contributed by atoms with Crippen LogP contribution < -0.4 is 0 Å². The Morgan fingerprint density at radius 1 is 1.24 bits per heavy atom. The summed E-state index contributed by atoms with van der Waals surface area (Å²) in [6, 6.07) is 7.20. The van der Waals surface area contributed by atoms with Crippen LogP contribution in [-0.4, -0.2) is 57.5 Å². The number of hydrogen-bond acceptors (Lipinski definition) is 6. The van der Waals surface area contributed by atoms with Gasteiger partial charge in [-0.1, -0.05) is 18.2 Å². The number of H-pyrrole nitrogens is 1. The van der Waals surface area contributed by atoms with Crippen molar-refractivity contribution in [1.29, 1.82) is 0 Å². The third-order valence-electron chi connectivity index (χ3n) is 3.49. The molecule has 0 aliphatic carbocycles. The molecular weight excluding hydrogens is 278 g/mol. The first-order valence-electron chi connectivity index (χ1n) is 6.51. The largest absolute Gasteiger partial charge is 0.429 e. The summed E-state index contributed by atoms with van der Waals surface area (Å²) in [4.78, 5) is 15.1. The van der Waals surface area contributed by atoms with Crippen molar-refractivity contribution in [3.8, 4) is 0 Å². The second kappa shape index (κ2) is 5.45. The molecule has 1 aliphatic rings. The van der Waals surface area contributed by atoms with E-state index >= 15 is 0 Å². The normalized spacial score (nSPS) is 29.5. The first-order chi connectivity index (χ1) is 10.1. The molecule has 4 unspecified atom stereocenters. The molecule has 21 heavy (non-hydrogen) atoms. The summed E-state index contributed by atoms with van der Waals surface area (Å²) in [6.45, 7) is -0.218. The van der Waals surface area contributed by atoms with Gasteiger partial charge in [-0.3, -0.25) is 0 Å². The number of carbonyl (C=O) groups excluding carboxylic acids is 1. The summed E-state index contributed by atoms with van der Waals surface area (Å²) in [5.41, 5.74) is 1.09. The smallest absolute Gasteiger partial charge is 0.342 e. The van der Waals surface area contributed by atoms with Crippen molar-refractivity contribution in [2.75, 3.05) is 6.61 Å². The minimum absolute atomic E-state index is 0.218. The Labute approximate surface area is 119 Å². The molecule has 0 radical (unpaired) electrons. The average Bonchev–Trinajstić information content (AvgIpc) is 2.92. The number of ether oxygens (including phenoxy) is 2. The Bertz CT molecular complexity index is 654. The maximum Gasteiger partial charge on any atom is 0.342 e. The summed E-state index contributed by atoms with van der Waals surface area (Å²) in [7, 11) is 0. The van der Waals surface area contributed by atoms with Crippen molar-refractivity contribution in [2.45, 2.75) is 24.6 Å². The van der Waals surface area contributed by atoms with Crippen LogP contribution in [0.15, 0.2) is 30.5 Å². The van der Waals surface area contributed by atoms with Gasteiger partial charge in [0, 0.05) is 17.1 Å². The average molecular weight is 293 g/mol. The van der Waals surface area contributed by atoms with Crippen LogP contribution >= 0.6 is 0 Å². The predicted octanol–water partition coefficient (Wildman–Crippen LogP) is -0.236. The number of carbonyl (C=O) groups is 1. The molecule has 0 amide bonds. The molecule has 112 valence electrons. The van der Waals surface area contributed by atoms with E-state index in [0.717, 1.165) is 5.52 Å². The fraction of sp³-hybridized carbons (Fsp3) is 0.357. The van der Waals surface area contributed by atoms with E-state index in [4.69, 9.17) is 9.47 Å². The summed E-state index contributed by atoms with van der Waals surface area (Å²) in [5, 5.41) is 29.3. The molecule has 0 spiro atoms. The number of aliphatic hydroxyl groups excluding tert-OH is 3. The lowest BCUT2D eigenvalue weighted by Crippen LogP contribution is -2.54. The number of aromatic amines is 1. The molecule has 7 heteroatoms. The topological polar surface area (TPSA) is 112 Å². The van der Waals surface area contributed by atoms with E-state index in [1.807, 2.05) is 12.1 Å². The quantitative estimate of drug-likeness (QED) is 0.569. The van der Waals surface area contributed by atoms with E-state index in [2.05, 4.69) is 4.98 Å². The molecular formula is C14H15NO6. The zero-order valence-electron chi connectivity index (χ0n) is 11.0. The van der Waals surface area contributed by atoms with Gasteiger partial charge in [0.2, 0.25) is 6.29 Å². The number of fused-ring (bicyclic) bond motifs is 1. The molecule has 1 aliphatic heterocycles. The van der Waals surface area contributed by atoms with Crippen molar-refractivity contribution in [3.63, 3.8) is 0 Å². The number of aliphatic hydroxyl groups is 3. The third kappa shape index (κ3) is 2.52. The number of rotatable bonds is 2. The number of esters is 1. The van der Waals surface area contributed by atoms with Crippen LogP contribution in [0.3, 0.4) is 0 Å². The molecule has 4 atom stereocenters. The van der Waals surface area contributed by atoms with Crippen molar-refractivity contribution in [1.82, 2.24) is 4.98 Å². The molecule has 0 bridgehead atoms. The predicted molar refractivity (Wildman–Crippen MR) is 71.5 cm³/mol. The lowest BCUT2D eigenvalue weighted by atomic mass is 10.1. The molecule has 2 aromatic rings. The highest BCUT2D eigenvalue weighted by Gasteiger charge is 2.40. The molecule has 0 saturated carbocycles. The van der Waals surface area contributed by atoms with Gasteiger partial charge in [0.15, 0.2) is 0 Å². The Kier molecular flexibility index (Phi) is 3.64. The van der Waals surface area contributed by atoms with Gasteiger partial charge in [-0.15, -0.1) is 0 Å². The fourth-order valence-corrected chi connectivity index (χ4v) is 2.29. The number of hydrogen-bond donors (Lipinski definition) is 4. The summed E-state index contributed by atoms with van der Waals surface area (Å²) >= 11 is 0. The van der Waals surface area contributed by atoms with Crippen LogP contribution in [0.5, 0.6) is 0 Å². The minimum atomic E-state index is -1.50. The lowest BCUT2D eigenvalue weighted by Gasteiger charge is -2.34. The Morgan fingerprint density at radius 2 is 2.00 bits per heavy atom. The summed E-state index contributed by atoms with van der Waals surface area (Å²) in [6.07, 6.45) is -3.93. The number of nitrogens with one attached hydrogen (secondary N) is 1. The highest BCUT2D eigenvalue weighted by Crippen LogP contribution is 2.22. The molecule has 7 nitrogen and oxygen atoms in total. The zero-order valence-corrected chi connectivity index (χ0v) is 11.0. The van der Waals surface area contributed by atoms with Crippen molar-refractivity contribution in [2.24, 2.45) is 0 Å². The first kappa shape index (κ1) is 14.0. The van der Waals surface area contributed by atoms with Crippen LogP contribution in [0.25, 0.3) is 10.9 Å². The molecule has 1 aromatic heterocycles. The second-order valence-electron chi connectivity index (χ2n) is 4.90. The first-order valence-corrected chi connectivity index (χ1v) is 6.51. The standard InChI is InChI=1S/C14H15NO6/c16-10-6-20-14(12(18)11(10)17)21-13(19)8-5-15-9-4-2-1-3-7(8)9/h1-5,10-12,14-18H,6H2. The van der Waals surface area contributed by atoms with Gasteiger partial charge < -0.3 is 29.8 Å². The fourth-order valence-electron chi connectivity index (χ4n) is 2.29. The van der Waals surface area contributed by atoms with Crippen LogP contribution in [0.2, 0.25) is 0 Å². The van der Waals surface area contributed by atoms with Crippen molar-refractivity contribution in [3.05, 3.63) is 36.0 Å². The molecule has 2 heterocycles. The zero-order chi connectivity index (χ0) is 15.0. The Hall–Kier alpha value is -1.93. The van der Waals surface area contributed by atoms with Crippen LogP contribution in [0.4, 0.5) is 0 Å². The maximum atomic E-state index is 12.1. The van der Waals surface area contributed by atoms with Gasteiger partial charge in [0.25, 0.3) is 0 Å². The van der Waals surface area contributed by atoms with E-state index in [1.165, 1.54) is 6.20 Å². The highest BCUT2D eigenvalue weighted by molar-refractivity contribution is 6.04. The number of aromatic nitrogens is 1. The van der Waals surface area contributed by atoms with E-state index < -0.39 is 30.6 Å². The highest BCUT2D eigenvalue weighted by atomic mass is 16.7. The molecule has 3 rings (SSSR count). The number of para-hydroxylation sites is 1. The molecule has 1 fully saturated rings. The van der Waals surface area contributed by atoms with Gasteiger partial charge in [-0.25, -0.2) is 4.79 Å². The van der Waals surface area contributed by atoms with Crippen LogP contribution in [0, 0.1) is 0 Å². The van der Waals surface area contributed by atoms with Crippen LogP contribution in [-0.2, 0) is 9.47 Å². The van der Waals surface area contributed by atoms with Gasteiger partial charge in [-0.05, 0) is 6.07 Å². The monoisotopic (exact) mass is 293 g/mol. The van der Waals surface area contributed by atoms with E-state index in [0.29, 0.717) is 10.9 Å². The number of benzene rings is 1. The maximum absolute atomic E-state index is 12.1. The van der Waals surface area contributed by atoms with E-state index in [1.54, 1.807) is 12.1 Å². The minimum Gasteiger partial charge on any atom is -0.429 e. The molecule has 4 N–H and O–H groups in total. The van der Waals surface area contributed by atoms with Gasteiger partial charge in [0.1, 0.15) is 18.3 Å². The lowest BCUT2D eigenvalue weighted by molar-refractivity contribution is -0.251. The SMILES string of the molecule is O=C(OC1OCC(O)C(O)C1O)c1c[nH]c2ccccc12. The van der Waals surface area contributed by atoms with Gasteiger partial charge >= 0.3 is 5.97 Å². The van der Waals surface area contributed by atoms with Gasteiger partial charge in [0.05, 0.1) is 12.2 Å². The van der Waals surface area contributed by atoms with Crippen molar-refractivity contribution < 1.29 is 29.6 Å². The molecule has 1 aromatic carbocycles. The van der Waals surface area contributed by atoms with Crippen molar-refractivity contribution >= 4 is 16.9 Å². The summed E-state index contributed by atoms with van der Waals surface area (Å²) in [5.74, 6) is -0.680. The van der Waals surface area contributed by atoms with Gasteiger partial charge in [-0.2, -0.15) is 0 Å². The molecule has 1 saturated heterocycles. The van der Waals surface area contributed by atoms with E-state index in [-0.39, 0.29) is 6.61 Å². The Balaban J connectivity index is 1.77. The summed E-state index contributed by atoms with van der Waals surface area (Å²) < 4.78 is 10.1. The van der Waals surface area contributed by atoms with E-state index in [9.17, 15) is 20.1 Å². The second-order valence-corrected chi connectivity index (χ2v) is 4.90.